The molecule has 0 saturated carbocycles. The largest absolute Gasteiger partial charge is 0.478 e. The van der Waals surface area contributed by atoms with E-state index in [1.165, 1.54) is 77.0 Å². The molecule has 0 aliphatic carbocycles. The Balaban J connectivity index is 1.73. The molecule has 5 heteroatoms. The van der Waals surface area contributed by atoms with Crippen LogP contribution in [0.3, 0.4) is 0 Å². The van der Waals surface area contributed by atoms with Crippen molar-refractivity contribution in [2.24, 2.45) is 0 Å². The van der Waals surface area contributed by atoms with Crippen molar-refractivity contribution in [1.29, 1.82) is 0 Å². The van der Waals surface area contributed by atoms with Gasteiger partial charge in [0.25, 0.3) is 5.91 Å². The van der Waals surface area contributed by atoms with Crippen molar-refractivity contribution >= 4 is 23.3 Å². The van der Waals surface area contributed by atoms with E-state index in [-0.39, 0.29) is 11.5 Å². The van der Waals surface area contributed by atoms with E-state index >= 15 is 0 Å². The van der Waals surface area contributed by atoms with Crippen LogP contribution in [-0.4, -0.2) is 23.5 Å². The molecule has 192 valence electrons. The molecule has 35 heavy (non-hydrogen) atoms. The molecule has 0 radical (unpaired) electrons. The minimum Gasteiger partial charge on any atom is -0.478 e. The van der Waals surface area contributed by atoms with Crippen LogP contribution >= 0.6 is 0 Å². The van der Waals surface area contributed by atoms with Gasteiger partial charge in [-0.1, -0.05) is 90.4 Å². The van der Waals surface area contributed by atoms with Crippen molar-refractivity contribution in [3.63, 3.8) is 0 Å². The third-order valence-electron chi connectivity index (χ3n) is 6.56. The van der Waals surface area contributed by atoms with Crippen LogP contribution in [0.15, 0.2) is 48.5 Å². The Labute approximate surface area is 211 Å². The SMILES string of the molecule is CCCCCCCCCCCCCCCCN(C(=O)c1ccc(N)cc1)c1ccc(C(=O)O)cc1. The van der Waals surface area contributed by atoms with Crippen molar-refractivity contribution < 1.29 is 14.7 Å². The zero-order chi connectivity index (χ0) is 25.3. The summed E-state index contributed by atoms with van der Waals surface area (Å²) in [4.78, 5) is 26.2. The first-order valence-electron chi connectivity index (χ1n) is 13.5. The number of carboxylic acids is 1. The lowest BCUT2D eigenvalue weighted by molar-refractivity contribution is 0.0696. The van der Waals surface area contributed by atoms with Gasteiger partial charge in [-0.2, -0.15) is 0 Å². The molecule has 5 nitrogen and oxygen atoms in total. The summed E-state index contributed by atoms with van der Waals surface area (Å²) in [5.74, 6) is -1.07. The van der Waals surface area contributed by atoms with Gasteiger partial charge in [0, 0.05) is 23.5 Å². The average molecular weight is 481 g/mol. The normalized spacial score (nSPS) is 10.9. The lowest BCUT2D eigenvalue weighted by Crippen LogP contribution is -2.32. The number of amides is 1. The number of carbonyl (C=O) groups excluding carboxylic acids is 1. The maximum absolute atomic E-state index is 13.2. The van der Waals surface area contributed by atoms with Crippen molar-refractivity contribution in [1.82, 2.24) is 0 Å². The van der Waals surface area contributed by atoms with Crippen molar-refractivity contribution in [2.45, 2.75) is 96.8 Å². The first-order chi connectivity index (χ1) is 17.0. The highest BCUT2D eigenvalue weighted by Gasteiger charge is 2.18. The monoisotopic (exact) mass is 480 g/mol. The second kappa shape index (κ2) is 16.7. The van der Waals surface area contributed by atoms with E-state index in [4.69, 9.17) is 5.73 Å². The third-order valence-corrected chi connectivity index (χ3v) is 6.56. The minimum atomic E-state index is -0.972. The van der Waals surface area contributed by atoms with Gasteiger partial charge in [-0.15, -0.1) is 0 Å². The van der Waals surface area contributed by atoms with E-state index in [1.807, 2.05) is 0 Å². The molecular weight excluding hydrogens is 436 g/mol. The van der Waals surface area contributed by atoms with Crippen LogP contribution in [-0.2, 0) is 0 Å². The van der Waals surface area contributed by atoms with Gasteiger partial charge in [-0.3, -0.25) is 4.79 Å². The average Bonchev–Trinajstić information content (AvgIpc) is 2.86. The Morgan fingerprint density at radius 3 is 1.54 bits per heavy atom. The van der Waals surface area contributed by atoms with E-state index in [1.54, 1.807) is 53.4 Å². The highest BCUT2D eigenvalue weighted by molar-refractivity contribution is 6.06. The molecule has 2 aromatic rings. The Kier molecular flexibility index (Phi) is 13.6. The molecule has 0 aliphatic rings. The van der Waals surface area contributed by atoms with Crippen LogP contribution < -0.4 is 10.6 Å². The summed E-state index contributed by atoms with van der Waals surface area (Å²) in [6, 6.07) is 13.4. The van der Waals surface area contributed by atoms with Gasteiger partial charge < -0.3 is 15.7 Å². The number of anilines is 2. The Bertz CT molecular complexity index is 862. The van der Waals surface area contributed by atoms with Gasteiger partial charge in [0.1, 0.15) is 0 Å². The lowest BCUT2D eigenvalue weighted by atomic mass is 10.0. The predicted octanol–water partition coefficient (Wildman–Crippen LogP) is 8.10. The summed E-state index contributed by atoms with van der Waals surface area (Å²) in [5.41, 5.74) is 7.89. The molecule has 0 saturated heterocycles. The van der Waals surface area contributed by atoms with Gasteiger partial charge >= 0.3 is 5.97 Å². The summed E-state index contributed by atoms with van der Waals surface area (Å²) >= 11 is 0. The maximum atomic E-state index is 13.2. The Morgan fingerprint density at radius 1 is 0.657 bits per heavy atom. The summed E-state index contributed by atoms with van der Waals surface area (Å²) in [5, 5.41) is 9.18. The minimum absolute atomic E-state index is 0.0947. The number of nitrogens with zero attached hydrogens (tertiary/aromatic N) is 1. The van der Waals surface area contributed by atoms with Crippen LogP contribution in [0.1, 0.15) is 118 Å². The molecule has 3 N–H and O–H groups in total. The second-order valence-electron chi connectivity index (χ2n) is 9.53. The van der Waals surface area contributed by atoms with Crippen LogP contribution in [0.25, 0.3) is 0 Å². The van der Waals surface area contributed by atoms with E-state index in [0.717, 1.165) is 12.8 Å². The molecule has 0 atom stereocenters. The summed E-state index contributed by atoms with van der Waals surface area (Å²) in [7, 11) is 0. The van der Waals surface area contributed by atoms with Gasteiger partial charge in [0.15, 0.2) is 0 Å². The van der Waals surface area contributed by atoms with Gasteiger partial charge in [-0.25, -0.2) is 4.79 Å². The maximum Gasteiger partial charge on any atom is 0.335 e. The van der Waals surface area contributed by atoms with Crippen molar-refractivity contribution in [3.05, 3.63) is 59.7 Å². The molecule has 1 amide bonds. The molecule has 0 bridgehead atoms. The number of carboxylic acid groups (broad SMARTS) is 1. The standard InChI is InChI=1S/C30H44N2O3/c1-2-3-4-5-6-7-8-9-10-11-12-13-14-15-24-32(28-22-18-26(19-23-28)30(34)35)29(33)25-16-20-27(31)21-17-25/h16-23H,2-15,24,31H2,1H3,(H,34,35). The lowest BCUT2D eigenvalue weighted by Gasteiger charge is -2.23. The molecule has 0 aliphatic heterocycles. The zero-order valence-corrected chi connectivity index (χ0v) is 21.5. The van der Waals surface area contributed by atoms with E-state index in [9.17, 15) is 14.7 Å². The van der Waals surface area contributed by atoms with Crippen LogP contribution in [0.4, 0.5) is 11.4 Å². The summed E-state index contributed by atoms with van der Waals surface area (Å²) in [6.45, 7) is 2.87. The Morgan fingerprint density at radius 2 is 1.09 bits per heavy atom. The first-order valence-corrected chi connectivity index (χ1v) is 13.5. The first kappa shape index (κ1) is 28.4. The molecule has 0 spiro atoms. The number of nitrogens with two attached hydrogens (primary N) is 1. The molecule has 0 heterocycles. The Hall–Kier alpha value is -2.82. The number of aromatic carboxylic acids is 1. The molecule has 0 aromatic heterocycles. The number of rotatable bonds is 18. The van der Waals surface area contributed by atoms with E-state index < -0.39 is 5.97 Å². The van der Waals surface area contributed by atoms with Gasteiger partial charge in [0.2, 0.25) is 0 Å². The summed E-state index contributed by atoms with van der Waals surface area (Å²) < 4.78 is 0. The van der Waals surface area contributed by atoms with Crippen molar-refractivity contribution in [3.8, 4) is 0 Å². The molecular formula is C30H44N2O3. The fraction of sp³-hybridized carbons (Fsp3) is 0.533. The number of carbonyl (C=O) groups is 2. The third kappa shape index (κ3) is 11.0. The molecule has 0 unspecified atom stereocenters. The zero-order valence-electron chi connectivity index (χ0n) is 21.5. The highest BCUT2D eigenvalue weighted by Crippen LogP contribution is 2.21. The number of hydrogen-bond acceptors (Lipinski definition) is 3. The van der Waals surface area contributed by atoms with Crippen LogP contribution in [0, 0.1) is 0 Å². The predicted molar refractivity (Wildman–Crippen MR) is 146 cm³/mol. The quantitative estimate of drug-likeness (QED) is 0.167. The smallest absolute Gasteiger partial charge is 0.335 e. The number of nitrogen functional groups attached to an aromatic ring is 1. The van der Waals surface area contributed by atoms with E-state index in [0.29, 0.717) is 23.5 Å². The second-order valence-corrected chi connectivity index (χ2v) is 9.53. The molecule has 0 fully saturated rings. The highest BCUT2D eigenvalue weighted by atomic mass is 16.4. The van der Waals surface area contributed by atoms with Crippen LogP contribution in [0.2, 0.25) is 0 Å². The van der Waals surface area contributed by atoms with Gasteiger partial charge in [-0.05, 0) is 55.0 Å². The fourth-order valence-electron chi connectivity index (χ4n) is 4.38. The number of unbranched alkanes of at least 4 members (excludes halogenated alkanes) is 13. The summed E-state index contributed by atoms with van der Waals surface area (Å²) in [6.07, 6.45) is 18.0. The topological polar surface area (TPSA) is 83.6 Å². The number of hydrogen-bond donors (Lipinski definition) is 2. The molecule has 2 rings (SSSR count). The van der Waals surface area contributed by atoms with Gasteiger partial charge in [0.05, 0.1) is 5.56 Å². The van der Waals surface area contributed by atoms with Crippen LogP contribution in [0.5, 0.6) is 0 Å². The number of benzene rings is 2. The fourth-order valence-corrected chi connectivity index (χ4v) is 4.38. The van der Waals surface area contributed by atoms with Crippen molar-refractivity contribution in [2.75, 3.05) is 17.2 Å². The molecule has 2 aromatic carbocycles. The van der Waals surface area contributed by atoms with E-state index in [2.05, 4.69) is 6.92 Å².